The molecule has 0 aliphatic carbocycles. The highest BCUT2D eigenvalue weighted by Gasteiger charge is 2.39. The van der Waals surface area contributed by atoms with E-state index in [-0.39, 0.29) is 23.5 Å². The van der Waals surface area contributed by atoms with E-state index in [2.05, 4.69) is 10.2 Å². The molecule has 2 aromatic carbocycles. The van der Waals surface area contributed by atoms with Gasteiger partial charge in [0.1, 0.15) is 11.7 Å². The summed E-state index contributed by atoms with van der Waals surface area (Å²) in [6.45, 7) is -1.04. The Bertz CT molecular complexity index is 1040. The molecule has 174 valence electrons. The first-order valence-electron chi connectivity index (χ1n) is 10.9. The standard InChI is InChI=1S/C24H24F2N2O5/c25-23(26)32-20-7-6-17(19-13-24(33-27-19)9-11-30-15-24)12-21(20)31-18-8-10-28(14-18)22(29)16-4-2-1-3-5-16/h1-7,12-13,18,23,27H,8-11,14-15H2/t18-,24?/m0/s1. The topological polar surface area (TPSA) is 69.3 Å². The molecule has 9 heteroatoms. The molecule has 2 saturated heterocycles. The van der Waals surface area contributed by atoms with Gasteiger partial charge in [-0.3, -0.25) is 15.1 Å². The smallest absolute Gasteiger partial charge is 0.387 e. The molecule has 0 bridgehead atoms. The number of amides is 1. The summed E-state index contributed by atoms with van der Waals surface area (Å²) in [6, 6.07) is 13.8. The van der Waals surface area contributed by atoms with Gasteiger partial charge in [-0.15, -0.1) is 0 Å². The van der Waals surface area contributed by atoms with Crippen molar-refractivity contribution in [3.05, 3.63) is 65.7 Å². The molecule has 0 saturated carbocycles. The summed E-state index contributed by atoms with van der Waals surface area (Å²) in [5, 5.41) is 0. The minimum absolute atomic E-state index is 0.0555. The lowest BCUT2D eigenvalue weighted by molar-refractivity contribution is -0.0520. The summed E-state index contributed by atoms with van der Waals surface area (Å²) in [5.74, 6) is 0.0548. The highest BCUT2D eigenvalue weighted by atomic mass is 19.3. The Balaban J connectivity index is 1.33. The Morgan fingerprint density at radius 3 is 2.79 bits per heavy atom. The van der Waals surface area contributed by atoms with Crippen molar-refractivity contribution < 1.29 is 32.6 Å². The number of alkyl halides is 2. The summed E-state index contributed by atoms with van der Waals surface area (Å²) in [7, 11) is 0. The zero-order chi connectivity index (χ0) is 22.8. The molecule has 1 N–H and O–H groups in total. The first-order chi connectivity index (χ1) is 16.0. The largest absolute Gasteiger partial charge is 0.485 e. The summed E-state index contributed by atoms with van der Waals surface area (Å²) in [5.41, 5.74) is 4.42. The monoisotopic (exact) mass is 458 g/mol. The van der Waals surface area contributed by atoms with Crippen molar-refractivity contribution in [1.29, 1.82) is 0 Å². The number of nitrogens with one attached hydrogen (secondary N) is 1. The average Bonchev–Trinajstić information content (AvgIpc) is 3.57. The molecule has 5 rings (SSSR count). The second-order valence-electron chi connectivity index (χ2n) is 8.32. The molecule has 0 aromatic heterocycles. The van der Waals surface area contributed by atoms with Gasteiger partial charge >= 0.3 is 6.61 Å². The van der Waals surface area contributed by atoms with Gasteiger partial charge in [0.05, 0.1) is 18.8 Å². The van der Waals surface area contributed by atoms with E-state index in [0.29, 0.717) is 49.5 Å². The van der Waals surface area contributed by atoms with E-state index in [1.807, 2.05) is 24.3 Å². The van der Waals surface area contributed by atoms with E-state index in [9.17, 15) is 13.6 Å². The lowest BCUT2D eigenvalue weighted by Gasteiger charge is -2.19. The first kappa shape index (κ1) is 21.7. The van der Waals surface area contributed by atoms with E-state index in [1.165, 1.54) is 6.07 Å². The molecule has 1 unspecified atom stereocenters. The molecule has 2 fully saturated rings. The molecule has 1 amide bonds. The number of nitrogens with zero attached hydrogens (tertiary/aromatic N) is 1. The van der Waals surface area contributed by atoms with Gasteiger partial charge in [-0.2, -0.15) is 8.78 Å². The lowest BCUT2D eigenvalue weighted by Crippen LogP contribution is -2.31. The van der Waals surface area contributed by atoms with Crippen LogP contribution in [0.5, 0.6) is 11.5 Å². The van der Waals surface area contributed by atoms with Crippen LogP contribution in [-0.4, -0.2) is 55.4 Å². The van der Waals surface area contributed by atoms with E-state index >= 15 is 0 Å². The second kappa shape index (κ2) is 8.99. The third-order valence-corrected chi connectivity index (χ3v) is 6.00. The van der Waals surface area contributed by atoms with Crippen LogP contribution in [0.3, 0.4) is 0 Å². The Labute approximate surface area is 189 Å². The molecule has 7 nitrogen and oxygen atoms in total. The van der Waals surface area contributed by atoms with Crippen LogP contribution in [0.2, 0.25) is 0 Å². The van der Waals surface area contributed by atoms with Crippen molar-refractivity contribution in [2.75, 3.05) is 26.3 Å². The summed E-state index contributed by atoms with van der Waals surface area (Å²) >= 11 is 0. The number of hydroxylamine groups is 1. The fourth-order valence-electron chi connectivity index (χ4n) is 4.29. The molecule has 33 heavy (non-hydrogen) atoms. The summed E-state index contributed by atoms with van der Waals surface area (Å²) in [6.07, 6.45) is 2.92. The number of carbonyl (C=O) groups is 1. The van der Waals surface area contributed by atoms with Crippen LogP contribution in [0.25, 0.3) is 5.70 Å². The molecule has 2 atom stereocenters. The van der Waals surface area contributed by atoms with Gasteiger partial charge in [-0.25, -0.2) is 0 Å². The minimum Gasteiger partial charge on any atom is -0.485 e. The minimum atomic E-state index is -2.98. The van der Waals surface area contributed by atoms with Crippen LogP contribution in [-0.2, 0) is 9.57 Å². The van der Waals surface area contributed by atoms with E-state index in [4.69, 9.17) is 14.3 Å². The van der Waals surface area contributed by atoms with E-state index in [0.717, 1.165) is 6.42 Å². The predicted molar refractivity (Wildman–Crippen MR) is 115 cm³/mol. The fourth-order valence-corrected chi connectivity index (χ4v) is 4.29. The molecule has 3 aliphatic heterocycles. The Hall–Kier alpha value is -3.17. The van der Waals surface area contributed by atoms with E-state index in [1.54, 1.807) is 29.2 Å². The highest BCUT2D eigenvalue weighted by Crippen LogP contribution is 2.37. The number of ether oxygens (including phenoxy) is 3. The number of benzene rings is 2. The van der Waals surface area contributed by atoms with Crippen molar-refractivity contribution in [2.24, 2.45) is 0 Å². The normalized spacial score (nSPS) is 24.3. The SMILES string of the molecule is O=C(c1ccccc1)N1CC[C@H](Oc2cc(C3=CC4(CCOC4)ON3)ccc2OC(F)F)C1. The molecule has 3 aliphatic rings. The molecule has 0 radical (unpaired) electrons. The number of likely N-dealkylation sites (tertiary alicyclic amines) is 1. The zero-order valence-electron chi connectivity index (χ0n) is 17.8. The summed E-state index contributed by atoms with van der Waals surface area (Å²) < 4.78 is 42.1. The summed E-state index contributed by atoms with van der Waals surface area (Å²) in [4.78, 5) is 20.1. The number of hydrogen-bond acceptors (Lipinski definition) is 6. The Kier molecular flexibility index (Phi) is 5.90. The number of carbonyl (C=O) groups excluding carboxylic acids is 1. The van der Waals surface area contributed by atoms with Crippen molar-refractivity contribution in [1.82, 2.24) is 10.4 Å². The van der Waals surface area contributed by atoms with Crippen LogP contribution < -0.4 is 15.0 Å². The molecule has 3 heterocycles. The number of hydrogen-bond donors (Lipinski definition) is 1. The van der Waals surface area contributed by atoms with Crippen LogP contribution in [0, 0.1) is 0 Å². The fraction of sp³-hybridized carbons (Fsp3) is 0.375. The lowest BCUT2D eigenvalue weighted by atomic mass is 10.0. The van der Waals surface area contributed by atoms with Crippen molar-refractivity contribution >= 4 is 11.6 Å². The maximum Gasteiger partial charge on any atom is 0.387 e. The highest BCUT2D eigenvalue weighted by molar-refractivity contribution is 5.94. The Morgan fingerprint density at radius 1 is 1.18 bits per heavy atom. The zero-order valence-corrected chi connectivity index (χ0v) is 17.8. The maximum absolute atomic E-state index is 13.0. The van der Waals surface area contributed by atoms with Gasteiger partial charge in [0.15, 0.2) is 11.5 Å². The Morgan fingerprint density at radius 2 is 2.03 bits per heavy atom. The molecule has 2 aromatic rings. The van der Waals surface area contributed by atoms with Crippen LogP contribution in [0.1, 0.15) is 28.8 Å². The van der Waals surface area contributed by atoms with E-state index < -0.39 is 12.2 Å². The quantitative estimate of drug-likeness (QED) is 0.713. The number of halogens is 2. The average molecular weight is 458 g/mol. The molecular formula is C24H24F2N2O5. The van der Waals surface area contributed by atoms with Gasteiger partial charge in [0, 0.05) is 37.1 Å². The third-order valence-electron chi connectivity index (χ3n) is 6.00. The van der Waals surface area contributed by atoms with Crippen LogP contribution >= 0.6 is 0 Å². The first-order valence-corrected chi connectivity index (χ1v) is 10.9. The second-order valence-corrected chi connectivity index (χ2v) is 8.32. The maximum atomic E-state index is 13.0. The van der Waals surface area contributed by atoms with Crippen LogP contribution in [0.15, 0.2) is 54.6 Å². The molecular weight excluding hydrogens is 434 g/mol. The third kappa shape index (κ3) is 4.65. The van der Waals surface area contributed by atoms with Crippen molar-refractivity contribution in [3.63, 3.8) is 0 Å². The van der Waals surface area contributed by atoms with Crippen molar-refractivity contribution in [3.8, 4) is 11.5 Å². The van der Waals surface area contributed by atoms with Gasteiger partial charge in [-0.1, -0.05) is 18.2 Å². The van der Waals surface area contributed by atoms with Gasteiger partial charge in [0.25, 0.3) is 5.91 Å². The van der Waals surface area contributed by atoms with Crippen LogP contribution in [0.4, 0.5) is 8.78 Å². The molecule has 1 spiro atoms. The predicted octanol–water partition coefficient (Wildman–Crippen LogP) is 3.62. The number of rotatable bonds is 6. The van der Waals surface area contributed by atoms with Gasteiger partial charge in [-0.05, 0) is 36.4 Å². The van der Waals surface area contributed by atoms with Crippen molar-refractivity contribution in [2.45, 2.75) is 31.2 Å². The van der Waals surface area contributed by atoms with Gasteiger partial charge < -0.3 is 19.1 Å². The van der Waals surface area contributed by atoms with Gasteiger partial charge in [0.2, 0.25) is 0 Å².